The number of morpholine rings is 1. The van der Waals surface area contributed by atoms with E-state index in [1.807, 2.05) is 6.07 Å². The summed E-state index contributed by atoms with van der Waals surface area (Å²) in [6.45, 7) is 4.12. The van der Waals surface area contributed by atoms with E-state index in [1.165, 1.54) is 10.4 Å². The van der Waals surface area contributed by atoms with Gasteiger partial charge >= 0.3 is 0 Å². The molecule has 1 fully saturated rings. The normalized spacial score (nSPS) is 17.3. The fourth-order valence-corrected chi connectivity index (χ4v) is 4.45. The number of thiophene rings is 1. The minimum atomic E-state index is -0.164. The van der Waals surface area contributed by atoms with Crippen LogP contribution >= 0.6 is 11.3 Å². The van der Waals surface area contributed by atoms with Crippen molar-refractivity contribution in [1.29, 1.82) is 0 Å². The van der Waals surface area contributed by atoms with Crippen LogP contribution in [-0.4, -0.2) is 44.8 Å². The van der Waals surface area contributed by atoms with Gasteiger partial charge in [0.15, 0.2) is 5.82 Å². The Morgan fingerprint density at radius 1 is 1.25 bits per heavy atom. The number of rotatable bonds is 4. The highest BCUT2D eigenvalue weighted by atomic mass is 32.1. The van der Waals surface area contributed by atoms with Crippen LogP contribution in [0, 0.1) is 0 Å². The predicted octanol–water partition coefficient (Wildman–Crippen LogP) is 3.62. The van der Waals surface area contributed by atoms with Crippen LogP contribution in [0.3, 0.4) is 0 Å². The molecule has 142 valence electrons. The van der Waals surface area contributed by atoms with E-state index in [-0.39, 0.29) is 6.10 Å². The van der Waals surface area contributed by atoms with Crippen molar-refractivity contribution in [2.75, 3.05) is 24.6 Å². The molecule has 5 rings (SSSR count). The molecule has 1 unspecified atom stereocenters. The number of aromatic nitrogens is 5. The molecule has 0 bridgehead atoms. The van der Waals surface area contributed by atoms with Crippen LogP contribution in [0.15, 0.2) is 42.7 Å². The van der Waals surface area contributed by atoms with Gasteiger partial charge in [-0.05, 0) is 11.6 Å². The van der Waals surface area contributed by atoms with Gasteiger partial charge in [-0.1, -0.05) is 37.3 Å². The number of aryl methyl sites for hydroxylation is 1. The minimum Gasteiger partial charge on any atom is -0.366 e. The van der Waals surface area contributed by atoms with Crippen LogP contribution in [0.5, 0.6) is 0 Å². The predicted molar refractivity (Wildman–Crippen MR) is 110 cm³/mol. The molecule has 0 saturated carbocycles. The molecular weight excluding hydrogens is 372 g/mol. The molecule has 7 nitrogen and oxygen atoms in total. The van der Waals surface area contributed by atoms with Crippen molar-refractivity contribution in [1.82, 2.24) is 25.1 Å². The van der Waals surface area contributed by atoms with E-state index in [0.29, 0.717) is 19.0 Å². The van der Waals surface area contributed by atoms with Crippen molar-refractivity contribution in [2.45, 2.75) is 19.4 Å². The Labute approximate surface area is 166 Å². The van der Waals surface area contributed by atoms with Gasteiger partial charge < -0.3 is 9.64 Å². The quantitative estimate of drug-likeness (QED) is 0.571. The molecule has 1 N–H and O–H groups in total. The molecule has 1 saturated heterocycles. The summed E-state index contributed by atoms with van der Waals surface area (Å²) in [5, 5.41) is 8.38. The molecule has 1 aromatic carbocycles. The second-order valence-electron chi connectivity index (χ2n) is 6.69. The molecule has 0 spiro atoms. The first-order valence-electron chi connectivity index (χ1n) is 9.39. The van der Waals surface area contributed by atoms with Crippen molar-refractivity contribution < 1.29 is 4.74 Å². The zero-order valence-electron chi connectivity index (χ0n) is 15.5. The lowest BCUT2D eigenvalue weighted by Crippen LogP contribution is -2.39. The molecule has 4 heterocycles. The average molecular weight is 392 g/mol. The minimum absolute atomic E-state index is 0.164. The first kappa shape index (κ1) is 17.3. The number of hydrogen-bond donors (Lipinski definition) is 1. The molecule has 1 aliphatic heterocycles. The molecule has 1 atom stereocenters. The van der Waals surface area contributed by atoms with Gasteiger partial charge in [-0.2, -0.15) is 5.10 Å². The van der Waals surface area contributed by atoms with E-state index in [2.05, 4.69) is 67.3 Å². The number of H-pyrrole nitrogens is 1. The SMILES string of the molecule is CCc1nc(C2CN(c3ncnc4sc(-c5ccccc5)cc34)CCO2)n[nH]1. The van der Waals surface area contributed by atoms with E-state index >= 15 is 0 Å². The van der Waals surface area contributed by atoms with Crippen LogP contribution in [-0.2, 0) is 11.2 Å². The van der Waals surface area contributed by atoms with Crippen molar-refractivity contribution in [2.24, 2.45) is 0 Å². The van der Waals surface area contributed by atoms with E-state index in [9.17, 15) is 0 Å². The molecule has 4 aromatic rings. The summed E-state index contributed by atoms with van der Waals surface area (Å²) in [5.74, 6) is 2.54. The summed E-state index contributed by atoms with van der Waals surface area (Å²) in [4.78, 5) is 18.1. The van der Waals surface area contributed by atoms with Crippen molar-refractivity contribution >= 4 is 27.4 Å². The van der Waals surface area contributed by atoms with E-state index in [1.54, 1.807) is 17.7 Å². The second kappa shape index (κ2) is 7.29. The number of fused-ring (bicyclic) bond motifs is 1. The molecule has 28 heavy (non-hydrogen) atoms. The molecule has 0 amide bonds. The first-order chi connectivity index (χ1) is 13.8. The summed E-state index contributed by atoms with van der Waals surface area (Å²) in [6, 6.07) is 12.6. The third-order valence-corrected chi connectivity index (χ3v) is 6.00. The number of aromatic amines is 1. The molecule has 1 aliphatic rings. The Balaban J connectivity index is 1.47. The maximum absolute atomic E-state index is 5.93. The van der Waals surface area contributed by atoms with Crippen LogP contribution in [0.2, 0.25) is 0 Å². The van der Waals surface area contributed by atoms with Crippen molar-refractivity contribution in [3.8, 4) is 10.4 Å². The molecule has 8 heteroatoms. The molecular formula is C20H20N6OS. The summed E-state index contributed by atoms with van der Waals surface area (Å²) in [7, 11) is 0. The maximum Gasteiger partial charge on any atom is 0.181 e. The molecule has 0 radical (unpaired) electrons. The third-order valence-electron chi connectivity index (χ3n) is 4.90. The van der Waals surface area contributed by atoms with E-state index in [4.69, 9.17) is 4.74 Å². The third kappa shape index (κ3) is 3.14. The summed E-state index contributed by atoms with van der Waals surface area (Å²) >= 11 is 1.69. The van der Waals surface area contributed by atoms with Crippen LogP contribution in [0.25, 0.3) is 20.7 Å². The van der Waals surface area contributed by atoms with Gasteiger partial charge in [0.2, 0.25) is 0 Å². The van der Waals surface area contributed by atoms with Gasteiger partial charge in [0.05, 0.1) is 18.5 Å². The number of nitrogens with one attached hydrogen (secondary N) is 1. The van der Waals surface area contributed by atoms with Gasteiger partial charge in [-0.25, -0.2) is 15.0 Å². The zero-order valence-corrected chi connectivity index (χ0v) is 16.3. The number of nitrogens with zero attached hydrogens (tertiary/aromatic N) is 5. The van der Waals surface area contributed by atoms with Gasteiger partial charge in [0, 0.05) is 17.8 Å². The molecule has 0 aliphatic carbocycles. The number of benzene rings is 1. The van der Waals surface area contributed by atoms with Crippen molar-refractivity contribution in [3.63, 3.8) is 0 Å². The smallest absolute Gasteiger partial charge is 0.181 e. The Kier molecular flexibility index (Phi) is 4.50. The first-order valence-corrected chi connectivity index (χ1v) is 10.2. The molecule has 3 aromatic heterocycles. The van der Waals surface area contributed by atoms with Crippen LogP contribution in [0.1, 0.15) is 24.7 Å². The number of anilines is 1. The number of hydrogen-bond acceptors (Lipinski definition) is 7. The second-order valence-corrected chi connectivity index (χ2v) is 7.72. The lowest BCUT2D eigenvalue weighted by atomic mass is 10.2. The van der Waals surface area contributed by atoms with Crippen molar-refractivity contribution in [3.05, 3.63) is 54.4 Å². The lowest BCUT2D eigenvalue weighted by molar-refractivity contribution is 0.0340. The van der Waals surface area contributed by atoms with Gasteiger partial charge in [0.1, 0.15) is 28.9 Å². The summed E-state index contributed by atoms with van der Waals surface area (Å²) < 4.78 is 5.93. The van der Waals surface area contributed by atoms with E-state index in [0.717, 1.165) is 34.8 Å². The fraction of sp³-hybridized carbons (Fsp3) is 0.300. The Morgan fingerprint density at radius 2 is 2.14 bits per heavy atom. The fourth-order valence-electron chi connectivity index (χ4n) is 3.45. The van der Waals surface area contributed by atoms with Gasteiger partial charge in [0.25, 0.3) is 0 Å². The monoisotopic (exact) mass is 392 g/mol. The zero-order chi connectivity index (χ0) is 18.9. The topological polar surface area (TPSA) is 79.8 Å². The highest BCUT2D eigenvalue weighted by Gasteiger charge is 2.27. The maximum atomic E-state index is 5.93. The van der Waals surface area contributed by atoms with Crippen LogP contribution < -0.4 is 4.90 Å². The van der Waals surface area contributed by atoms with Gasteiger partial charge in [-0.15, -0.1) is 11.3 Å². The number of ether oxygens (including phenoxy) is 1. The average Bonchev–Trinajstić information content (AvgIpc) is 3.41. The summed E-state index contributed by atoms with van der Waals surface area (Å²) in [5.41, 5.74) is 1.20. The Bertz CT molecular complexity index is 1090. The van der Waals surface area contributed by atoms with Gasteiger partial charge in [-0.3, -0.25) is 5.10 Å². The highest BCUT2D eigenvalue weighted by Crippen LogP contribution is 2.37. The Hall–Kier alpha value is -2.84. The van der Waals surface area contributed by atoms with Crippen LogP contribution in [0.4, 0.5) is 5.82 Å². The van der Waals surface area contributed by atoms with E-state index < -0.39 is 0 Å². The Morgan fingerprint density at radius 3 is 2.96 bits per heavy atom. The largest absolute Gasteiger partial charge is 0.366 e. The summed E-state index contributed by atoms with van der Waals surface area (Å²) in [6.07, 6.45) is 2.31. The standard InChI is InChI=1S/C20H20N6OS/c1-2-17-23-18(25-24-17)15-11-26(8-9-27-15)19-14-10-16(13-6-4-3-5-7-13)28-20(14)22-12-21-19/h3-7,10,12,15H,2,8-9,11H2,1H3,(H,23,24,25). The lowest BCUT2D eigenvalue weighted by Gasteiger charge is -2.32. The highest BCUT2D eigenvalue weighted by molar-refractivity contribution is 7.21.